The van der Waals surface area contributed by atoms with Crippen LogP contribution in [0, 0.1) is 10.8 Å². The highest BCUT2D eigenvalue weighted by Gasteiger charge is 2.53. The zero-order chi connectivity index (χ0) is 25.8. The molecule has 34 heavy (non-hydrogen) atoms. The Morgan fingerprint density at radius 1 is 0.441 bits per heavy atom. The van der Waals surface area contributed by atoms with E-state index in [2.05, 4.69) is 55.4 Å². The zero-order valence-electron chi connectivity index (χ0n) is 24.9. The molecule has 0 aromatic rings. The van der Waals surface area contributed by atoms with Crippen LogP contribution >= 0.6 is 0 Å². The van der Waals surface area contributed by atoms with Crippen LogP contribution in [0.2, 0.25) is 0 Å². The van der Waals surface area contributed by atoms with Crippen LogP contribution in [0.5, 0.6) is 0 Å². The molecule has 0 heterocycles. The largest absolute Gasteiger partial charge is 0.327 e. The van der Waals surface area contributed by atoms with E-state index in [1.807, 2.05) is 0 Å². The second-order valence-electron chi connectivity index (χ2n) is 11.5. The molecule has 0 amide bonds. The molecule has 206 valence electrons. The van der Waals surface area contributed by atoms with Gasteiger partial charge in [0.05, 0.1) is 5.41 Å². The van der Waals surface area contributed by atoms with Crippen molar-refractivity contribution < 1.29 is 14.2 Å². The molecule has 0 spiro atoms. The van der Waals surface area contributed by atoms with Crippen LogP contribution in [0.15, 0.2) is 0 Å². The molecule has 0 radical (unpaired) electrons. The van der Waals surface area contributed by atoms with E-state index in [4.69, 9.17) is 14.2 Å². The molecule has 0 aliphatic carbocycles. The molecular formula is C31H64O3. The maximum atomic E-state index is 6.38. The maximum absolute atomic E-state index is 6.38. The Kier molecular flexibility index (Phi) is 19.9. The zero-order valence-corrected chi connectivity index (χ0v) is 24.9. The summed E-state index contributed by atoms with van der Waals surface area (Å²) in [7, 11) is 0. The first-order valence-corrected chi connectivity index (χ1v) is 15.2. The predicted molar refractivity (Wildman–Crippen MR) is 149 cm³/mol. The van der Waals surface area contributed by atoms with E-state index in [0.717, 1.165) is 19.3 Å². The van der Waals surface area contributed by atoms with E-state index >= 15 is 0 Å². The number of rotatable bonds is 24. The first kappa shape index (κ1) is 33.9. The van der Waals surface area contributed by atoms with Gasteiger partial charge in [-0.05, 0) is 51.9 Å². The summed E-state index contributed by atoms with van der Waals surface area (Å²) < 4.78 is 19.1. The lowest BCUT2D eigenvalue weighted by atomic mass is 9.73. The van der Waals surface area contributed by atoms with Gasteiger partial charge in [0.15, 0.2) is 0 Å². The number of unbranched alkanes of at least 4 members (excludes halogenated alkanes) is 11. The lowest BCUT2D eigenvalue weighted by Crippen LogP contribution is -2.54. The molecule has 0 aromatic heterocycles. The topological polar surface area (TPSA) is 27.7 Å². The summed E-state index contributed by atoms with van der Waals surface area (Å²) >= 11 is 0. The Hall–Kier alpha value is -0.120. The Balaban J connectivity index is 5.08. The van der Waals surface area contributed by atoms with Gasteiger partial charge in [-0.15, -0.1) is 0 Å². The van der Waals surface area contributed by atoms with Crippen molar-refractivity contribution in [3.05, 3.63) is 0 Å². The van der Waals surface area contributed by atoms with Gasteiger partial charge >= 0.3 is 0 Å². The van der Waals surface area contributed by atoms with E-state index in [0.29, 0.717) is 25.2 Å². The molecule has 1 atom stereocenters. The van der Waals surface area contributed by atoms with Gasteiger partial charge in [-0.1, -0.05) is 118 Å². The van der Waals surface area contributed by atoms with Crippen LogP contribution in [0.1, 0.15) is 165 Å². The molecule has 3 nitrogen and oxygen atoms in total. The van der Waals surface area contributed by atoms with Gasteiger partial charge in [0, 0.05) is 19.8 Å². The molecule has 0 aromatic carbocycles. The molecule has 0 rings (SSSR count). The predicted octanol–water partition coefficient (Wildman–Crippen LogP) is 10.5. The summed E-state index contributed by atoms with van der Waals surface area (Å²) in [6.45, 7) is 19.7. The monoisotopic (exact) mass is 484 g/mol. The van der Waals surface area contributed by atoms with Crippen molar-refractivity contribution in [3.63, 3.8) is 0 Å². The fourth-order valence-corrected chi connectivity index (χ4v) is 5.40. The summed E-state index contributed by atoms with van der Waals surface area (Å²) in [6.07, 6.45) is 21.9. The van der Waals surface area contributed by atoms with E-state index in [9.17, 15) is 0 Å². The minimum atomic E-state index is -0.909. The van der Waals surface area contributed by atoms with Crippen molar-refractivity contribution in [2.45, 2.75) is 171 Å². The second kappa shape index (κ2) is 20.0. The third kappa shape index (κ3) is 13.8. The highest BCUT2D eigenvalue weighted by atomic mass is 16.9. The van der Waals surface area contributed by atoms with Crippen LogP contribution in [0.3, 0.4) is 0 Å². The second-order valence-corrected chi connectivity index (χ2v) is 11.5. The molecule has 0 fully saturated rings. The van der Waals surface area contributed by atoms with Gasteiger partial charge in [-0.25, -0.2) is 0 Å². The fourth-order valence-electron chi connectivity index (χ4n) is 5.40. The van der Waals surface area contributed by atoms with Gasteiger partial charge < -0.3 is 14.2 Å². The van der Waals surface area contributed by atoms with Gasteiger partial charge in [0.1, 0.15) is 0 Å². The molecule has 0 saturated carbocycles. The molecule has 0 aliphatic rings. The molecule has 0 aliphatic heterocycles. The SMILES string of the molecule is CCCCCCCCCCC(CC)(CCCCCCCC(C)(C)C)C(OCC)(OCC)OCC. The van der Waals surface area contributed by atoms with Crippen LogP contribution in [0.25, 0.3) is 0 Å². The van der Waals surface area contributed by atoms with Crippen LogP contribution < -0.4 is 0 Å². The highest BCUT2D eigenvalue weighted by molar-refractivity contribution is 4.88. The van der Waals surface area contributed by atoms with Crippen LogP contribution in [-0.4, -0.2) is 25.8 Å². The summed E-state index contributed by atoms with van der Waals surface area (Å²) in [5.74, 6) is -0.909. The van der Waals surface area contributed by atoms with Gasteiger partial charge in [0.25, 0.3) is 5.97 Å². The third-order valence-corrected chi connectivity index (χ3v) is 7.42. The molecule has 0 bridgehead atoms. The highest BCUT2D eigenvalue weighted by Crippen LogP contribution is 2.48. The lowest BCUT2D eigenvalue weighted by Gasteiger charge is -2.48. The summed E-state index contributed by atoms with van der Waals surface area (Å²) in [5, 5.41) is 0. The van der Waals surface area contributed by atoms with Crippen molar-refractivity contribution >= 4 is 0 Å². The molecule has 3 heteroatoms. The first-order valence-electron chi connectivity index (χ1n) is 15.2. The Morgan fingerprint density at radius 3 is 1.12 bits per heavy atom. The maximum Gasteiger partial charge on any atom is 0.288 e. The number of ether oxygens (including phenoxy) is 3. The van der Waals surface area contributed by atoms with Crippen molar-refractivity contribution in [2.75, 3.05) is 19.8 Å². The van der Waals surface area contributed by atoms with Crippen molar-refractivity contribution in [3.8, 4) is 0 Å². The van der Waals surface area contributed by atoms with Crippen LogP contribution in [-0.2, 0) is 14.2 Å². The van der Waals surface area contributed by atoms with Crippen molar-refractivity contribution in [2.24, 2.45) is 10.8 Å². The average Bonchev–Trinajstić information content (AvgIpc) is 2.78. The van der Waals surface area contributed by atoms with E-state index in [1.165, 1.54) is 89.9 Å². The molecule has 1 unspecified atom stereocenters. The Morgan fingerprint density at radius 2 is 0.794 bits per heavy atom. The first-order chi connectivity index (χ1) is 16.3. The van der Waals surface area contributed by atoms with Gasteiger partial charge in [0.2, 0.25) is 0 Å². The van der Waals surface area contributed by atoms with E-state index in [-0.39, 0.29) is 5.41 Å². The Labute approximate surface area is 215 Å². The van der Waals surface area contributed by atoms with E-state index in [1.54, 1.807) is 0 Å². The van der Waals surface area contributed by atoms with Gasteiger partial charge in [-0.2, -0.15) is 0 Å². The molecule has 0 N–H and O–H groups in total. The molecular weight excluding hydrogens is 420 g/mol. The summed E-state index contributed by atoms with van der Waals surface area (Å²) in [5.41, 5.74) is 0.377. The standard InChI is InChI=1S/C31H64O3/c1-9-14-15-16-17-18-21-24-27-30(10-2,31(32-11-3,33-12-4)34-13-5)28-25-22-19-20-23-26-29(6,7)8/h9-28H2,1-8H3. The third-order valence-electron chi connectivity index (χ3n) is 7.42. The minimum absolute atomic E-state index is 0.0807. The number of hydrogen-bond donors (Lipinski definition) is 0. The van der Waals surface area contributed by atoms with Crippen molar-refractivity contribution in [1.29, 1.82) is 0 Å². The Bertz CT molecular complexity index is 425. The number of hydrogen-bond acceptors (Lipinski definition) is 3. The average molecular weight is 485 g/mol. The normalized spacial score (nSPS) is 14.5. The smallest absolute Gasteiger partial charge is 0.288 e. The summed E-state index contributed by atoms with van der Waals surface area (Å²) in [6, 6.07) is 0. The fraction of sp³-hybridized carbons (Fsp3) is 1.00. The quantitative estimate of drug-likeness (QED) is 0.101. The minimum Gasteiger partial charge on any atom is -0.327 e. The van der Waals surface area contributed by atoms with Crippen molar-refractivity contribution in [1.82, 2.24) is 0 Å². The summed E-state index contributed by atoms with van der Waals surface area (Å²) in [4.78, 5) is 0. The van der Waals surface area contributed by atoms with E-state index < -0.39 is 5.97 Å². The molecule has 0 saturated heterocycles. The van der Waals surface area contributed by atoms with Gasteiger partial charge in [-0.3, -0.25) is 0 Å². The van der Waals surface area contributed by atoms with Crippen LogP contribution in [0.4, 0.5) is 0 Å². The lowest BCUT2D eigenvalue weighted by molar-refractivity contribution is -0.431.